The molecule has 1 saturated carbocycles. The van der Waals surface area contributed by atoms with Crippen LogP contribution in [0.3, 0.4) is 0 Å². The van der Waals surface area contributed by atoms with Crippen molar-refractivity contribution in [1.29, 1.82) is 0 Å². The fourth-order valence-electron chi connectivity index (χ4n) is 3.06. The van der Waals surface area contributed by atoms with E-state index in [1.54, 1.807) is 0 Å². The van der Waals surface area contributed by atoms with Gasteiger partial charge in [0.25, 0.3) is 0 Å². The molecule has 2 rings (SSSR count). The number of rotatable bonds is 7. The Morgan fingerprint density at radius 3 is 2.21 bits per heavy atom. The molecule has 0 amide bonds. The summed E-state index contributed by atoms with van der Waals surface area (Å²) in [4.78, 5) is 0. The predicted octanol–water partition coefficient (Wildman–Crippen LogP) is 3.34. The van der Waals surface area contributed by atoms with Crippen molar-refractivity contribution in [3.05, 3.63) is 35.4 Å². The summed E-state index contributed by atoms with van der Waals surface area (Å²) < 4.78 is 5.84. The fraction of sp³-hybridized carbons (Fsp3) is 0.647. The second-order valence-corrected chi connectivity index (χ2v) is 5.61. The number of aryl methyl sites for hydroxylation is 1. The second-order valence-electron chi connectivity index (χ2n) is 5.61. The van der Waals surface area contributed by atoms with E-state index in [1.807, 2.05) is 7.11 Å². The van der Waals surface area contributed by atoms with Crippen molar-refractivity contribution in [3.63, 3.8) is 0 Å². The first-order valence-corrected chi connectivity index (χ1v) is 7.60. The van der Waals surface area contributed by atoms with E-state index in [2.05, 4.69) is 43.4 Å². The van der Waals surface area contributed by atoms with Gasteiger partial charge in [-0.15, -0.1) is 0 Å². The summed E-state index contributed by atoms with van der Waals surface area (Å²) in [5, 5.41) is 3.63. The molecular weight excluding hydrogens is 234 g/mol. The minimum Gasteiger partial charge on any atom is -0.377 e. The first-order valence-electron chi connectivity index (χ1n) is 7.60. The number of ether oxygens (including phenoxy) is 1. The minimum absolute atomic E-state index is 0.0689. The molecule has 0 saturated heterocycles. The topological polar surface area (TPSA) is 21.3 Å². The summed E-state index contributed by atoms with van der Waals surface area (Å²) in [5.74, 6) is 0. The molecule has 106 valence electrons. The van der Waals surface area contributed by atoms with Crippen molar-refractivity contribution in [2.45, 2.75) is 57.6 Å². The molecule has 2 nitrogen and oxygen atoms in total. The van der Waals surface area contributed by atoms with Crippen molar-refractivity contribution >= 4 is 0 Å². The molecule has 1 N–H and O–H groups in total. The van der Waals surface area contributed by atoms with E-state index >= 15 is 0 Å². The molecular formula is C17H27NO. The van der Waals surface area contributed by atoms with Gasteiger partial charge in [-0.3, -0.25) is 0 Å². The molecule has 1 aliphatic carbocycles. The summed E-state index contributed by atoms with van der Waals surface area (Å²) in [5.41, 5.74) is 2.89. The third kappa shape index (κ3) is 3.18. The summed E-state index contributed by atoms with van der Waals surface area (Å²) in [6.07, 6.45) is 5.84. The van der Waals surface area contributed by atoms with Crippen LogP contribution in [-0.4, -0.2) is 25.3 Å². The van der Waals surface area contributed by atoms with Crippen LogP contribution in [0.5, 0.6) is 0 Å². The Hall–Kier alpha value is -0.860. The summed E-state index contributed by atoms with van der Waals surface area (Å²) in [6, 6.07) is 9.47. The van der Waals surface area contributed by atoms with Crippen molar-refractivity contribution < 1.29 is 4.74 Å². The van der Waals surface area contributed by atoms with E-state index in [9.17, 15) is 0 Å². The van der Waals surface area contributed by atoms with Crippen LogP contribution in [0.2, 0.25) is 0 Å². The van der Waals surface area contributed by atoms with Gasteiger partial charge in [0.15, 0.2) is 0 Å². The molecule has 1 fully saturated rings. The third-order valence-corrected chi connectivity index (χ3v) is 4.56. The monoisotopic (exact) mass is 261 g/mol. The van der Waals surface area contributed by atoms with Crippen LogP contribution in [0.1, 0.15) is 44.2 Å². The van der Waals surface area contributed by atoms with Crippen molar-refractivity contribution in [1.82, 2.24) is 5.32 Å². The zero-order valence-corrected chi connectivity index (χ0v) is 12.5. The minimum atomic E-state index is 0.0689. The molecule has 0 aliphatic heterocycles. The van der Waals surface area contributed by atoms with E-state index < -0.39 is 0 Å². The second kappa shape index (κ2) is 6.53. The van der Waals surface area contributed by atoms with Crippen molar-refractivity contribution in [2.75, 3.05) is 13.7 Å². The lowest BCUT2D eigenvalue weighted by molar-refractivity contribution is -0.0978. The van der Waals surface area contributed by atoms with Gasteiger partial charge in [-0.05, 0) is 49.8 Å². The van der Waals surface area contributed by atoms with E-state index in [0.29, 0.717) is 6.04 Å². The van der Waals surface area contributed by atoms with Gasteiger partial charge in [0.05, 0.1) is 5.60 Å². The van der Waals surface area contributed by atoms with Crippen LogP contribution < -0.4 is 5.32 Å². The molecule has 2 heteroatoms. The van der Waals surface area contributed by atoms with E-state index in [0.717, 1.165) is 19.4 Å². The van der Waals surface area contributed by atoms with Gasteiger partial charge in [0.2, 0.25) is 0 Å². The third-order valence-electron chi connectivity index (χ3n) is 4.56. The first kappa shape index (κ1) is 14.5. The molecule has 0 aromatic heterocycles. The quantitative estimate of drug-likeness (QED) is 0.813. The highest BCUT2D eigenvalue weighted by Gasteiger charge is 2.43. The van der Waals surface area contributed by atoms with Crippen LogP contribution in [0, 0.1) is 0 Å². The number of benzene rings is 1. The Morgan fingerprint density at radius 2 is 1.79 bits per heavy atom. The van der Waals surface area contributed by atoms with Gasteiger partial charge in [0.1, 0.15) is 0 Å². The van der Waals surface area contributed by atoms with Crippen LogP contribution in [0.25, 0.3) is 0 Å². The predicted molar refractivity (Wildman–Crippen MR) is 80.6 cm³/mol. The molecule has 1 atom stereocenters. The van der Waals surface area contributed by atoms with E-state index in [-0.39, 0.29) is 5.60 Å². The van der Waals surface area contributed by atoms with E-state index in [4.69, 9.17) is 4.74 Å². The van der Waals surface area contributed by atoms with Crippen molar-refractivity contribution in [2.24, 2.45) is 0 Å². The van der Waals surface area contributed by atoms with Crippen LogP contribution in [-0.2, 0) is 17.6 Å². The van der Waals surface area contributed by atoms with Gasteiger partial charge in [-0.2, -0.15) is 0 Å². The molecule has 1 aromatic rings. The zero-order valence-electron chi connectivity index (χ0n) is 12.5. The lowest BCUT2D eigenvalue weighted by Crippen LogP contribution is -2.57. The Morgan fingerprint density at radius 1 is 1.16 bits per heavy atom. The number of nitrogens with one attached hydrogen (secondary N) is 1. The van der Waals surface area contributed by atoms with Crippen LogP contribution >= 0.6 is 0 Å². The maximum Gasteiger partial charge on any atom is 0.0834 e. The number of methoxy groups -OCH3 is 1. The van der Waals surface area contributed by atoms with E-state index in [1.165, 1.54) is 30.4 Å². The summed E-state index contributed by atoms with van der Waals surface area (Å²) in [7, 11) is 1.86. The number of likely N-dealkylation sites (N-methyl/N-ethyl adjacent to an activating group) is 1. The van der Waals surface area contributed by atoms with Crippen molar-refractivity contribution in [3.8, 4) is 0 Å². The molecule has 0 radical (unpaired) electrons. The fourth-order valence-corrected chi connectivity index (χ4v) is 3.06. The van der Waals surface area contributed by atoms with Gasteiger partial charge in [0, 0.05) is 13.2 Å². The molecule has 0 spiro atoms. The summed E-state index contributed by atoms with van der Waals surface area (Å²) in [6.45, 7) is 5.38. The Labute approximate surface area is 117 Å². The highest BCUT2D eigenvalue weighted by atomic mass is 16.5. The molecule has 0 heterocycles. The highest BCUT2D eigenvalue weighted by Crippen LogP contribution is 2.39. The van der Waals surface area contributed by atoms with Gasteiger partial charge >= 0.3 is 0 Å². The normalized spacial score (nSPS) is 18.9. The largest absolute Gasteiger partial charge is 0.377 e. The summed E-state index contributed by atoms with van der Waals surface area (Å²) >= 11 is 0. The number of hydrogen-bond acceptors (Lipinski definition) is 2. The molecule has 1 aromatic carbocycles. The van der Waals surface area contributed by atoms with Gasteiger partial charge in [-0.25, -0.2) is 0 Å². The standard InChI is InChI=1S/C17H27NO/c1-4-14-7-9-15(10-8-14)13-16(18-5-2)17(19-3)11-6-12-17/h7-10,16,18H,4-6,11-13H2,1-3H3. The number of hydrogen-bond donors (Lipinski definition) is 1. The van der Waals surface area contributed by atoms with Crippen LogP contribution in [0.4, 0.5) is 0 Å². The lowest BCUT2D eigenvalue weighted by atomic mass is 9.72. The average Bonchev–Trinajstić information content (AvgIpc) is 2.39. The molecule has 1 unspecified atom stereocenters. The Balaban J connectivity index is 2.07. The molecule has 0 bridgehead atoms. The highest BCUT2D eigenvalue weighted by molar-refractivity contribution is 5.24. The maximum atomic E-state index is 5.84. The maximum absolute atomic E-state index is 5.84. The smallest absolute Gasteiger partial charge is 0.0834 e. The average molecular weight is 261 g/mol. The lowest BCUT2D eigenvalue weighted by Gasteiger charge is -2.47. The molecule has 1 aliphatic rings. The van der Waals surface area contributed by atoms with Gasteiger partial charge < -0.3 is 10.1 Å². The first-order chi connectivity index (χ1) is 9.24. The zero-order chi connectivity index (χ0) is 13.7. The Bertz CT molecular complexity index is 375. The molecule has 19 heavy (non-hydrogen) atoms. The Kier molecular flexibility index (Phi) is 5.00. The van der Waals surface area contributed by atoms with Crippen LogP contribution in [0.15, 0.2) is 24.3 Å². The van der Waals surface area contributed by atoms with Gasteiger partial charge in [-0.1, -0.05) is 38.1 Å². The SMILES string of the molecule is CCNC(Cc1ccc(CC)cc1)C1(OC)CCC1.